The summed E-state index contributed by atoms with van der Waals surface area (Å²) in [5.41, 5.74) is 1.09. The lowest BCUT2D eigenvalue weighted by molar-refractivity contribution is -0.122. The first-order valence-electron chi connectivity index (χ1n) is 9.28. The summed E-state index contributed by atoms with van der Waals surface area (Å²) >= 11 is 0. The van der Waals surface area contributed by atoms with Gasteiger partial charge in [-0.05, 0) is 36.6 Å². The Morgan fingerprint density at radius 3 is 2.89 bits per heavy atom. The molecule has 0 aliphatic carbocycles. The van der Waals surface area contributed by atoms with Crippen molar-refractivity contribution >= 4 is 23.5 Å². The van der Waals surface area contributed by atoms with Crippen LogP contribution in [0.25, 0.3) is 0 Å². The van der Waals surface area contributed by atoms with E-state index in [4.69, 9.17) is 4.42 Å². The lowest BCUT2D eigenvalue weighted by atomic mass is 9.75. The molecule has 1 spiro atoms. The molecule has 146 valence electrons. The molecule has 2 aliphatic heterocycles. The quantitative estimate of drug-likeness (QED) is 0.753. The van der Waals surface area contributed by atoms with Crippen molar-refractivity contribution in [3.05, 3.63) is 53.5 Å². The van der Waals surface area contributed by atoms with E-state index in [0.29, 0.717) is 25.3 Å². The topological polar surface area (TPSA) is 104 Å². The maximum atomic E-state index is 12.7. The summed E-state index contributed by atoms with van der Waals surface area (Å²) in [5.74, 6) is 0.319. The predicted octanol–water partition coefficient (Wildman–Crippen LogP) is 1.83. The second kappa shape index (κ2) is 7.03. The van der Waals surface area contributed by atoms with Crippen LogP contribution in [0.3, 0.4) is 0 Å². The maximum Gasteiger partial charge on any atom is 0.317 e. The van der Waals surface area contributed by atoms with Gasteiger partial charge in [0.25, 0.3) is 5.91 Å². The fourth-order valence-corrected chi connectivity index (χ4v) is 4.00. The van der Waals surface area contributed by atoms with Crippen LogP contribution in [0, 0.1) is 0 Å². The molecule has 2 aromatic rings. The Bertz CT molecular complexity index is 938. The van der Waals surface area contributed by atoms with Gasteiger partial charge in [0.2, 0.25) is 5.91 Å². The second-order valence-electron chi connectivity index (χ2n) is 7.11. The molecule has 0 unspecified atom stereocenters. The lowest BCUT2D eigenvalue weighted by Gasteiger charge is -2.38. The van der Waals surface area contributed by atoms with Gasteiger partial charge >= 0.3 is 6.03 Å². The van der Waals surface area contributed by atoms with Crippen LogP contribution in [0.4, 0.5) is 10.5 Å². The molecule has 0 saturated carbocycles. The fourth-order valence-electron chi connectivity index (χ4n) is 4.00. The zero-order valence-electron chi connectivity index (χ0n) is 15.6. The summed E-state index contributed by atoms with van der Waals surface area (Å²) in [7, 11) is 1.52. The van der Waals surface area contributed by atoms with Gasteiger partial charge in [-0.1, -0.05) is 18.2 Å². The molecule has 4 rings (SSSR count). The average Bonchev–Trinajstić information content (AvgIpc) is 3.30. The summed E-state index contributed by atoms with van der Waals surface area (Å²) in [4.78, 5) is 38.6. The SMILES string of the molecule is CNC(=O)c1ccc(CNC(=O)N2CCC[C@@]3(C2)C(=O)Nc2ccccc23)o1. The van der Waals surface area contributed by atoms with Crippen molar-refractivity contribution in [2.24, 2.45) is 0 Å². The number of furan rings is 1. The van der Waals surface area contributed by atoms with Gasteiger partial charge in [0.1, 0.15) is 5.76 Å². The Kier molecular flexibility index (Phi) is 4.54. The zero-order valence-corrected chi connectivity index (χ0v) is 15.6. The third-order valence-corrected chi connectivity index (χ3v) is 5.43. The normalized spacial score (nSPS) is 20.6. The van der Waals surface area contributed by atoms with E-state index < -0.39 is 5.41 Å². The van der Waals surface area contributed by atoms with Crippen molar-refractivity contribution in [2.45, 2.75) is 24.8 Å². The van der Waals surface area contributed by atoms with Crippen molar-refractivity contribution in [2.75, 3.05) is 25.5 Å². The number of carbonyl (C=O) groups is 3. The molecule has 1 atom stereocenters. The maximum absolute atomic E-state index is 12.7. The minimum absolute atomic E-state index is 0.0487. The number of rotatable bonds is 3. The highest BCUT2D eigenvalue weighted by molar-refractivity contribution is 6.06. The number of piperidine rings is 1. The van der Waals surface area contributed by atoms with Crippen molar-refractivity contribution in [1.29, 1.82) is 0 Å². The van der Waals surface area contributed by atoms with Gasteiger partial charge in [0, 0.05) is 25.8 Å². The molecule has 3 N–H and O–H groups in total. The Hall–Kier alpha value is -3.29. The number of amides is 4. The lowest BCUT2D eigenvalue weighted by Crippen LogP contribution is -2.54. The van der Waals surface area contributed by atoms with Crippen molar-refractivity contribution < 1.29 is 18.8 Å². The third kappa shape index (κ3) is 3.00. The minimum atomic E-state index is -0.691. The highest BCUT2D eigenvalue weighted by Crippen LogP contribution is 2.43. The van der Waals surface area contributed by atoms with Gasteiger partial charge in [0.05, 0.1) is 12.0 Å². The van der Waals surface area contributed by atoms with E-state index in [1.54, 1.807) is 17.0 Å². The van der Waals surface area contributed by atoms with Crippen molar-refractivity contribution in [1.82, 2.24) is 15.5 Å². The first-order valence-corrected chi connectivity index (χ1v) is 9.28. The molecular formula is C20H22N4O4. The fraction of sp³-hybridized carbons (Fsp3) is 0.350. The van der Waals surface area contributed by atoms with E-state index in [-0.39, 0.29) is 30.2 Å². The number of fused-ring (bicyclic) bond motifs is 2. The van der Waals surface area contributed by atoms with E-state index in [0.717, 1.165) is 17.7 Å². The summed E-state index contributed by atoms with van der Waals surface area (Å²) in [6, 6.07) is 10.6. The molecule has 1 fully saturated rings. The number of hydrogen-bond donors (Lipinski definition) is 3. The average molecular weight is 382 g/mol. The number of likely N-dealkylation sites (tertiary alicyclic amines) is 1. The van der Waals surface area contributed by atoms with Gasteiger partial charge in [-0.3, -0.25) is 9.59 Å². The number of nitrogens with one attached hydrogen (secondary N) is 3. The van der Waals surface area contributed by atoms with E-state index in [1.165, 1.54) is 7.05 Å². The van der Waals surface area contributed by atoms with Crippen LogP contribution >= 0.6 is 0 Å². The summed E-state index contributed by atoms with van der Waals surface area (Å²) in [5, 5.41) is 8.24. The first kappa shape index (κ1) is 18.1. The zero-order chi connectivity index (χ0) is 19.7. The molecule has 3 heterocycles. The highest BCUT2D eigenvalue weighted by atomic mass is 16.4. The third-order valence-electron chi connectivity index (χ3n) is 5.43. The summed E-state index contributed by atoms with van der Waals surface area (Å²) in [6.45, 7) is 1.09. The largest absolute Gasteiger partial charge is 0.454 e. The van der Waals surface area contributed by atoms with E-state index in [9.17, 15) is 14.4 Å². The Morgan fingerprint density at radius 2 is 2.07 bits per heavy atom. The first-order chi connectivity index (χ1) is 13.5. The molecule has 2 aliphatic rings. The van der Waals surface area contributed by atoms with Gasteiger partial charge in [-0.25, -0.2) is 4.79 Å². The van der Waals surface area contributed by atoms with Gasteiger partial charge in [0.15, 0.2) is 5.76 Å². The van der Waals surface area contributed by atoms with Crippen LogP contribution < -0.4 is 16.0 Å². The molecule has 1 aromatic carbocycles. The Morgan fingerprint density at radius 1 is 1.25 bits per heavy atom. The van der Waals surface area contributed by atoms with Crippen LogP contribution in [0.1, 0.15) is 34.7 Å². The van der Waals surface area contributed by atoms with Crippen molar-refractivity contribution in [3.63, 3.8) is 0 Å². The smallest absolute Gasteiger partial charge is 0.317 e. The van der Waals surface area contributed by atoms with Crippen LogP contribution in [-0.4, -0.2) is 42.9 Å². The number of urea groups is 1. The van der Waals surface area contributed by atoms with Crippen molar-refractivity contribution in [3.8, 4) is 0 Å². The number of anilines is 1. The molecule has 4 amide bonds. The molecular weight excluding hydrogens is 360 g/mol. The second-order valence-corrected chi connectivity index (χ2v) is 7.11. The van der Waals surface area contributed by atoms with E-state index >= 15 is 0 Å². The highest BCUT2D eigenvalue weighted by Gasteiger charge is 2.49. The van der Waals surface area contributed by atoms with Crippen LogP contribution in [-0.2, 0) is 16.8 Å². The molecule has 1 saturated heterocycles. The van der Waals surface area contributed by atoms with E-state index in [1.807, 2.05) is 24.3 Å². The standard InChI is InChI=1S/C20H22N4O4/c1-21-17(25)16-8-7-13(28-16)11-22-19(27)24-10-4-9-20(12-24)14-5-2-3-6-15(14)23-18(20)26/h2-3,5-8H,4,9-12H2,1H3,(H,21,25)(H,22,27)(H,23,26)/t20-/m0/s1. The summed E-state index contributed by atoms with van der Waals surface area (Å²) in [6.07, 6.45) is 1.46. The number of carbonyl (C=O) groups excluding carboxylic acids is 3. The minimum Gasteiger partial charge on any atom is -0.454 e. The van der Waals surface area contributed by atoms with Gasteiger partial charge < -0.3 is 25.3 Å². The monoisotopic (exact) mass is 382 g/mol. The van der Waals surface area contributed by atoms with Crippen LogP contribution in [0.5, 0.6) is 0 Å². The predicted molar refractivity (Wildman–Crippen MR) is 102 cm³/mol. The number of benzene rings is 1. The number of hydrogen-bond acceptors (Lipinski definition) is 4. The molecule has 8 nitrogen and oxygen atoms in total. The van der Waals surface area contributed by atoms with Gasteiger partial charge in [-0.2, -0.15) is 0 Å². The molecule has 0 bridgehead atoms. The molecule has 28 heavy (non-hydrogen) atoms. The number of nitrogens with zero attached hydrogens (tertiary/aromatic N) is 1. The number of para-hydroxylation sites is 1. The van der Waals surface area contributed by atoms with Crippen LogP contribution in [0.2, 0.25) is 0 Å². The van der Waals surface area contributed by atoms with Gasteiger partial charge in [-0.15, -0.1) is 0 Å². The molecule has 0 radical (unpaired) electrons. The molecule has 8 heteroatoms. The summed E-state index contributed by atoms with van der Waals surface area (Å²) < 4.78 is 5.42. The molecule has 1 aromatic heterocycles. The van der Waals surface area contributed by atoms with E-state index in [2.05, 4.69) is 16.0 Å². The van der Waals surface area contributed by atoms with Crippen LogP contribution in [0.15, 0.2) is 40.8 Å². The Labute approximate surface area is 162 Å². The Balaban J connectivity index is 1.44.